The molecule has 0 saturated carbocycles. The molecule has 0 unspecified atom stereocenters. The molecule has 2 aliphatic rings. The van der Waals surface area contributed by atoms with Gasteiger partial charge < -0.3 is 9.80 Å². The lowest BCUT2D eigenvalue weighted by atomic mass is 9.33. The monoisotopic (exact) mass is 724 g/mol. The van der Waals surface area contributed by atoms with E-state index >= 15 is 0 Å². The van der Waals surface area contributed by atoms with Crippen LogP contribution in [0, 0.1) is 0 Å². The van der Waals surface area contributed by atoms with Crippen molar-refractivity contribution in [3.63, 3.8) is 0 Å². The molecule has 11 rings (SSSR count). The summed E-state index contributed by atoms with van der Waals surface area (Å²) in [6.45, 7) is 0.0738. The zero-order valence-electron chi connectivity index (χ0n) is 31.3. The van der Waals surface area contributed by atoms with E-state index in [-0.39, 0.29) is 6.71 Å². The molecule has 57 heavy (non-hydrogen) atoms. The molecule has 2 heterocycles. The minimum atomic E-state index is 0.0738. The molecule has 0 saturated heterocycles. The molecule has 0 N–H and O–H groups in total. The number of fused-ring (bicyclic) bond motifs is 4. The highest BCUT2D eigenvalue weighted by Gasteiger charge is 2.43. The van der Waals surface area contributed by atoms with Crippen LogP contribution in [0.25, 0.3) is 44.5 Å². The second-order valence-corrected chi connectivity index (χ2v) is 14.9. The van der Waals surface area contributed by atoms with E-state index in [1.807, 2.05) is 0 Å². The molecular weight excluding hydrogens is 687 g/mol. The van der Waals surface area contributed by atoms with Crippen molar-refractivity contribution in [3.05, 3.63) is 224 Å². The standard InChI is InChI=1S/C54H37BN2/c1-4-15-38(16-5-1)41-19-12-21-43(35-41)44-22-13-20-42(36-44)40-29-32-47(33-30-40)57-51-34-31-45(39-17-6-2-7-18-39)37-49(51)55-48-25-10-11-26-50(48)56(46-23-8-3-9-24-46)52-27-14-28-53(57)54(52)55/h1-37H. The van der Waals surface area contributed by atoms with Crippen molar-refractivity contribution in [3.8, 4) is 44.5 Å². The summed E-state index contributed by atoms with van der Waals surface area (Å²) in [6, 6.07) is 81.9. The smallest absolute Gasteiger partial charge is 0.252 e. The Balaban J connectivity index is 1.04. The number of anilines is 6. The molecule has 0 amide bonds. The maximum absolute atomic E-state index is 2.48. The van der Waals surface area contributed by atoms with Crippen molar-refractivity contribution in [2.45, 2.75) is 0 Å². The summed E-state index contributed by atoms with van der Waals surface area (Å²) in [5.74, 6) is 0. The number of hydrogen-bond acceptors (Lipinski definition) is 2. The normalized spacial score (nSPS) is 12.5. The second-order valence-electron chi connectivity index (χ2n) is 14.9. The quantitative estimate of drug-likeness (QED) is 0.158. The Labute approximate surface area is 334 Å². The van der Waals surface area contributed by atoms with Gasteiger partial charge in [-0.05, 0) is 122 Å². The topological polar surface area (TPSA) is 6.48 Å². The second kappa shape index (κ2) is 13.7. The molecule has 0 aliphatic carbocycles. The maximum Gasteiger partial charge on any atom is 0.252 e. The van der Waals surface area contributed by atoms with Crippen LogP contribution in [-0.4, -0.2) is 6.71 Å². The van der Waals surface area contributed by atoms with Gasteiger partial charge in [-0.3, -0.25) is 0 Å². The van der Waals surface area contributed by atoms with Gasteiger partial charge in [0.15, 0.2) is 0 Å². The highest BCUT2D eigenvalue weighted by atomic mass is 15.2. The van der Waals surface area contributed by atoms with Gasteiger partial charge in [-0.25, -0.2) is 0 Å². The van der Waals surface area contributed by atoms with Crippen LogP contribution in [-0.2, 0) is 0 Å². The van der Waals surface area contributed by atoms with Gasteiger partial charge in [-0.1, -0.05) is 164 Å². The molecule has 2 nitrogen and oxygen atoms in total. The van der Waals surface area contributed by atoms with Crippen LogP contribution in [0.1, 0.15) is 0 Å². The van der Waals surface area contributed by atoms with Crippen LogP contribution >= 0.6 is 0 Å². The Kier molecular flexibility index (Phi) is 7.96. The summed E-state index contributed by atoms with van der Waals surface area (Å²) >= 11 is 0. The van der Waals surface area contributed by atoms with E-state index in [0.717, 1.165) is 11.4 Å². The third kappa shape index (κ3) is 5.67. The van der Waals surface area contributed by atoms with E-state index in [4.69, 9.17) is 0 Å². The summed E-state index contributed by atoms with van der Waals surface area (Å²) in [4.78, 5) is 4.92. The molecule has 266 valence electrons. The number of benzene rings is 9. The first-order chi connectivity index (χ1) is 28.3. The van der Waals surface area contributed by atoms with Crippen LogP contribution in [0.2, 0.25) is 0 Å². The number of hydrogen-bond donors (Lipinski definition) is 0. The fraction of sp³-hybridized carbons (Fsp3) is 0. The lowest BCUT2D eigenvalue weighted by Crippen LogP contribution is -2.61. The molecule has 0 radical (unpaired) electrons. The Morgan fingerprint density at radius 3 is 1.23 bits per heavy atom. The van der Waals surface area contributed by atoms with Crippen molar-refractivity contribution in [1.82, 2.24) is 0 Å². The number of rotatable bonds is 6. The number of para-hydroxylation sites is 2. The summed E-state index contributed by atoms with van der Waals surface area (Å²) in [6.07, 6.45) is 0. The lowest BCUT2D eigenvalue weighted by molar-refractivity contribution is 1.25. The predicted molar refractivity (Wildman–Crippen MR) is 242 cm³/mol. The fourth-order valence-electron chi connectivity index (χ4n) is 9.02. The van der Waals surface area contributed by atoms with Gasteiger partial charge in [0.25, 0.3) is 6.71 Å². The predicted octanol–water partition coefficient (Wildman–Crippen LogP) is 12.4. The molecule has 3 heteroatoms. The molecule has 0 bridgehead atoms. The van der Waals surface area contributed by atoms with Gasteiger partial charge in [0, 0.05) is 34.1 Å². The van der Waals surface area contributed by atoms with E-state index in [9.17, 15) is 0 Å². The van der Waals surface area contributed by atoms with Gasteiger partial charge in [0.2, 0.25) is 0 Å². The zero-order chi connectivity index (χ0) is 37.7. The first-order valence-corrected chi connectivity index (χ1v) is 19.7. The van der Waals surface area contributed by atoms with E-state index in [1.165, 1.54) is 83.6 Å². The molecule has 0 fully saturated rings. The van der Waals surface area contributed by atoms with Gasteiger partial charge in [0.05, 0.1) is 0 Å². The highest BCUT2D eigenvalue weighted by molar-refractivity contribution is 7.00. The molecule has 0 spiro atoms. The van der Waals surface area contributed by atoms with E-state index < -0.39 is 0 Å². The van der Waals surface area contributed by atoms with Crippen LogP contribution < -0.4 is 26.2 Å². The van der Waals surface area contributed by atoms with Crippen molar-refractivity contribution >= 4 is 57.2 Å². The Morgan fingerprint density at radius 1 is 0.246 bits per heavy atom. The van der Waals surface area contributed by atoms with Crippen LogP contribution in [0.5, 0.6) is 0 Å². The van der Waals surface area contributed by atoms with Crippen molar-refractivity contribution in [1.29, 1.82) is 0 Å². The van der Waals surface area contributed by atoms with Gasteiger partial charge in [0.1, 0.15) is 0 Å². The Morgan fingerprint density at radius 2 is 0.632 bits per heavy atom. The van der Waals surface area contributed by atoms with E-state index in [1.54, 1.807) is 0 Å². The largest absolute Gasteiger partial charge is 0.311 e. The molecule has 0 atom stereocenters. The van der Waals surface area contributed by atoms with E-state index in [2.05, 4.69) is 234 Å². The van der Waals surface area contributed by atoms with Crippen LogP contribution in [0.3, 0.4) is 0 Å². The molecule has 9 aromatic carbocycles. The van der Waals surface area contributed by atoms with Crippen molar-refractivity contribution in [2.75, 3.05) is 9.80 Å². The Hall–Kier alpha value is -7.36. The van der Waals surface area contributed by atoms with Gasteiger partial charge in [-0.2, -0.15) is 0 Å². The average molecular weight is 725 g/mol. The SMILES string of the molecule is c1ccc(-c2cccc(-c3cccc(-c4ccc(N5c6ccc(-c7ccccc7)cc6B6c7ccccc7N(c7ccccc7)c7cccc5c76)cc4)c3)c2)cc1. The maximum atomic E-state index is 2.48. The van der Waals surface area contributed by atoms with Crippen LogP contribution in [0.15, 0.2) is 224 Å². The number of nitrogens with zero attached hydrogens (tertiary/aromatic N) is 2. The van der Waals surface area contributed by atoms with E-state index in [0.29, 0.717) is 0 Å². The van der Waals surface area contributed by atoms with Crippen molar-refractivity contribution in [2.24, 2.45) is 0 Å². The zero-order valence-corrected chi connectivity index (χ0v) is 31.3. The third-order valence-corrected chi connectivity index (χ3v) is 11.6. The molecule has 0 aromatic heterocycles. The average Bonchev–Trinajstić information content (AvgIpc) is 3.30. The highest BCUT2D eigenvalue weighted by Crippen LogP contribution is 2.44. The van der Waals surface area contributed by atoms with Crippen molar-refractivity contribution < 1.29 is 0 Å². The summed E-state index contributed by atoms with van der Waals surface area (Å²) in [5.41, 5.74) is 20.8. The summed E-state index contributed by atoms with van der Waals surface area (Å²) < 4.78 is 0. The molecule has 2 aliphatic heterocycles. The third-order valence-electron chi connectivity index (χ3n) is 11.6. The van der Waals surface area contributed by atoms with Crippen LogP contribution in [0.4, 0.5) is 34.1 Å². The fourth-order valence-corrected chi connectivity index (χ4v) is 9.02. The van der Waals surface area contributed by atoms with Gasteiger partial charge in [-0.15, -0.1) is 0 Å². The Bertz CT molecular complexity index is 2910. The van der Waals surface area contributed by atoms with Gasteiger partial charge >= 0.3 is 0 Å². The summed E-state index contributed by atoms with van der Waals surface area (Å²) in [5, 5.41) is 0. The molecular formula is C54H37BN2. The first kappa shape index (κ1) is 33.0. The minimum absolute atomic E-state index is 0.0738. The lowest BCUT2D eigenvalue weighted by Gasteiger charge is -2.44. The first-order valence-electron chi connectivity index (χ1n) is 19.7. The summed E-state index contributed by atoms with van der Waals surface area (Å²) in [7, 11) is 0. The minimum Gasteiger partial charge on any atom is -0.311 e. The molecule has 9 aromatic rings.